The molecule has 2 aromatic heterocycles. The largest absolute Gasteiger partial charge is 0.480 e. The lowest BCUT2D eigenvalue weighted by molar-refractivity contribution is -0.139. The number of carboxylic acid groups (broad SMARTS) is 1. The third-order valence-corrected chi connectivity index (χ3v) is 2.77. The van der Waals surface area contributed by atoms with E-state index in [0.717, 1.165) is 0 Å². The van der Waals surface area contributed by atoms with E-state index < -0.39 is 18.0 Å². The average molecular weight is 292 g/mol. The molecule has 2 amide bonds. The first kappa shape index (κ1) is 14.6. The van der Waals surface area contributed by atoms with Gasteiger partial charge in [0.15, 0.2) is 0 Å². The number of rotatable bonds is 7. The Morgan fingerprint density at radius 1 is 1.48 bits per heavy atom. The number of aromatic nitrogens is 4. The number of carbonyl (C=O) groups excluding carboxylic acids is 1. The summed E-state index contributed by atoms with van der Waals surface area (Å²) in [5.41, 5.74) is 0.638. The van der Waals surface area contributed by atoms with Gasteiger partial charge in [0, 0.05) is 37.3 Å². The van der Waals surface area contributed by atoms with Crippen molar-refractivity contribution in [2.75, 3.05) is 6.54 Å². The van der Waals surface area contributed by atoms with Gasteiger partial charge in [-0.15, -0.1) is 0 Å². The van der Waals surface area contributed by atoms with Crippen molar-refractivity contribution in [2.24, 2.45) is 0 Å². The van der Waals surface area contributed by atoms with Gasteiger partial charge in [0.1, 0.15) is 6.04 Å². The van der Waals surface area contributed by atoms with Gasteiger partial charge >= 0.3 is 12.0 Å². The van der Waals surface area contributed by atoms with E-state index in [0.29, 0.717) is 18.8 Å². The minimum absolute atomic E-state index is 0.141. The van der Waals surface area contributed by atoms with Gasteiger partial charge in [-0.05, 0) is 6.07 Å². The van der Waals surface area contributed by atoms with Crippen LogP contribution < -0.4 is 10.6 Å². The Hall–Kier alpha value is -2.84. The van der Waals surface area contributed by atoms with Crippen molar-refractivity contribution in [3.63, 3.8) is 0 Å². The standard InChI is InChI=1S/C12H16N6O3/c19-11(20)10(6-9-7-13-8-15-9)17-12(21)14-3-5-18-4-1-2-16-18/h1-2,4,7-8,10H,3,5-6H2,(H,13,15)(H,19,20)(H2,14,17,21)/t10-/m0/s1. The minimum Gasteiger partial charge on any atom is -0.480 e. The summed E-state index contributed by atoms with van der Waals surface area (Å²) in [6.45, 7) is 0.864. The second kappa shape index (κ2) is 7.08. The number of imidazole rings is 1. The molecule has 2 heterocycles. The molecule has 0 aromatic carbocycles. The third-order valence-electron chi connectivity index (χ3n) is 2.77. The maximum absolute atomic E-state index is 11.7. The molecule has 21 heavy (non-hydrogen) atoms. The Morgan fingerprint density at radius 3 is 2.95 bits per heavy atom. The van der Waals surface area contributed by atoms with Gasteiger partial charge in [-0.1, -0.05) is 0 Å². The molecule has 9 nitrogen and oxygen atoms in total. The predicted molar refractivity (Wildman–Crippen MR) is 72.5 cm³/mol. The Balaban J connectivity index is 1.76. The summed E-state index contributed by atoms with van der Waals surface area (Å²) < 4.78 is 1.67. The van der Waals surface area contributed by atoms with E-state index in [9.17, 15) is 9.59 Å². The maximum Gasteiger partial charge on any atom is 0.326 e. The molecule has 0 fully saturated rings. The number of aromatic amines is 1. The van der Waals surface area contributed by atoms with Crippen molar-refractivity contribution < 1.29 is 14.7 Å². The molecule has 0 saturated carbocycles. The molecule has 0 spiro atoms. The first-order valence-electron chi connectivity index (χ1n) is 6.37. The topological polar surface area (TPSA) is 125 Å². The fourth-order valence-corrected chi connectivity index (χ4v) is 1.74. The van der Waals surface area contributed by atoms with Gasteiger partial charge in [0.05, 0.1) is 12.9 Å². The minimum atomic E-state index is -1.10. The van der Waals surface area contributed by atoms with Crippen molar-refractivity contribution in [2.45, 2.75) is 19.0 Å². The maximum atomic E-state index is 11.7. The van der Waals surface area contributed by atoms with Crippen LogP contribution in [0.4, 0.5) is 4.79 Å². The summed E-state index contributed by atoms with van der Waals surface area (Å²) in [7, 11) is 0. The van der Waals surface area contributed by atoms with Crippen LogP contribution in [-0.4, -0.2) is 49.4 Å². The second-order valence-corrected chi connectivity index (χ2v) is 4.34. The van der Waals surface area contributed by atoms with Gasteiger partial charge in [-0.3, -0.25) is 4.68 Å². The quantitative estimate of drug-likeness (QED) is 0.552. The zero-order valence-corrected chi connectivity index (χ0v) is 11.2. The van der Waals surface area contributed by atoms with E-state index in [1.54, 1.807) is 23.1 Å². The van der Waals surface area contributed by atoms with Crippen molar-refractivity contribution >= 4 is 12.0 Å². The fourth-order valence-electron chi connectivity index (χ4n) is 1.74. The van der Waals surface area contributed by atoms with Crippen molar-refractivity contribution in [1.29, 1.82) is 0 Å². The first-order valence-corrected chi connectivity index (χ1v) is 6.37. The second-order valence-electron chi connectivity index (χ2n) is 4.34. The molecule has 0 bridgehead atoms. The molecule has 112 valence electrons. The van der Waals surface area contributed by atoms with Crippen LogP contribution >= 0.6 is 0 Å². The summed E-state index contributed by atoms with van der Waals surface area (Å²) in [6.07, 6.45) is 6.54. The molecule has 0 unspecified atom stereocenters. The average Bonchev–Trinajstić information content (AvgIpc) is 3.10. The summed E-state index contributed by atoms with van der Waals surface area (Å²) in [4.78, 5) is 29.4. The molecule has 0 radical (unpaired) electrons. The monoisotopic (exact) mass is 292 g/mol. The molecule has 0 aliphatic carbocycles. The zero-order valence-electron chi connectivity index (χ0n) is 11.2. The molecular weight excluding hydrogens is 276 g/mol. The third kappa shape index (κ3) is 4.64. The van der Waals surface area contributed by atoms with E-state index in [-0.39, 0.29) is 6.42 Å². The molecule has 0 aliphatic heterocycles. The summed E-state index contributed by atoms with van der Waals surface area (Å²) >= 11 is 0. The van der Waals surface area contributed by atoms with Crippen molar-refractivity contribution in [1.82, 2.24) is 30.4 Å². The highest BCUT2D eigenvalue weighted by atomic mass is 16.4. The number of amides is 2. The number of aliphatic carboxylic acids is 1. The van der Waals surface area contributed by atoms with Gasteiger partial charge in [-0.25, -0.2) is 14.6 Å². The van der Waals surface area contributed by atoms with Crippen LogP contribution in [0.1, 0.15) is 5.69 Å². The van der Waals surface area contributed by atoms with E-state index in [1.165, 1.54) is 12.5 Å². The van der Waals surface area contributed by atoms with E-state index in [1.807, 2.05) is 0 Å². The number of carboxylic acids is 1. The number of nitrogens with one attached hydrogen (secondary N) is 3. The molecule has 0 saturated heterocycles. The smallest absolute Gasteiger partial charge is 0.326 e. The van der Waals surface area contributed by atoms with Gasteiger partial charge in [0.2, 0.25) is 0 Å². The highest BCUT2D eigenvalue weighted by Crippen LogP contribution is 1.98. The number of H-pyrrole nitrogens is 1. The lowest BCUT2D eigenvalue weighted by atomic mass is 10.2. The first-order chi connectivity index (χ1) is 10.1. The van der Waals surface area contributed by atoms with Gasteiger partial charge < -0.3 is 20.7 Å². The molecule has 1 atom stereocenters. The molecule has 4 N–H and O–H groups in total. The number of hydrogen-bond donors (Lipinski definition) is 4. The van der Waals surface area contributed by atoms with Gasteiger partial charge in [-0.2, -0.15) is 5.10 Å². The lowest BCUT2D eigenvalue weighted by Crippen LogP contribution is -2.47. The van der Waals surface area contributed by atoms with E-state index >= 15 is 0 Å². The van der Waals surface area contributed by atoms with Crippen molar-refractivity contribution in [3.05, 3.63) is 36.7 Å². The number of hydrogen-bond acceptors (Lipinski definition) is 4. The van der Waals surface area contributed by atoms with Gasteiger partial charge in [0.25, 0.3) is 0 Å². The Kier molecular flexibility index (Phi) is 4.91. The Labute approximate surface area is 120 Å². The fraction of sp³-hybridized carbons (Fsp3) is 0.333. The van der Waals surface area contributed by atoms with Crippen LogP contribution in [0.5, 0.6) is 0 Å². The van der Waals surface area contributed by atoms with Crippen LogP contribution in [0.2, 0.25) is 0 Å². The number of carbonyl (C=O) groups is 2. The normalized spacial score (nSPS) is 11.8. The predicted octanol–water partition coefficient (Wildman–Crippen LogP) is -0.399. The molecule has 2 rings (SSSR count). The summed E-state index contributed by atoms with van der Waals surface area (Å²) in [6, 6.07) is 0.231. The zero-order chi connectivity index (χ0) is 15.1. The van der Waals surface area contributed by atoms with Crippen LogP contribution in [0.15, 0.2) is 31.0 Å². The highest BCUT2D eigenvalue weighted by Gasteiger charge is 2.20. The Bertz CT molecular complexity index is 566. The van der Waals surface area contributed by atoms with Crippen molar-refractivity contribution in [3.8, 4) is 0 Å². The highest BCUT2D eigenvalue weighted by molar-refractivity contribution is 5.82. The van der Waals surface area contributed by atoms with E-state index in [4.69, 9.17) is 5.11 Å². The lowest BCUT2D eigenvalue weighted by Gasteiger charge is -2.14. The molecule has 9 heteroatoms. The molecular formula is C12H16N6O3. The van der Waals surface area contributed by atoms with Crippen LogP contribution in [0.3, 0.4) is 0 Å². The molecule has 0 aliphatic rings. The summed E-state index contributed by atoms with van der Waals surface area (Å²) in [5, 5.41) is 18.1. The number of nitrogens with zero attached hydrogens (tertiary/aromatic N) is 3. The molecule has 2 aromatic rings. The summed E-state index contributed by atoms with van der Waals surface area (Å²) in [5.74, 6) is -1.10. The van der Waals surface area contributed by atoms with Crippen LogP contribution in [0, 0.1) is 0 Å². The van der Waals surface area contributed by atoms with E-state index in [2.05, 4.69) is 25.7 Å². The number of urea groups is 1. The Morgan fingerprint density at radius 2 is 2.33 bits per heavy atom. The van der Waals surface area contributed by atoms with Crippen LogP contribution in [0.25, 0.3) is 0 Å². The SMILES string of the molecule is O=C(NCCn1cccn1)N[C@@H](Cc1cnc[nH]1)C(=O)O. The van der Waals surface area contributed by atoms with Crippen LogP contribution in [-0.2, 0) is 17.8 Å².